The van der Waals surface area contributed by atoms with E-state index in [1.54, 1.807) is 0 Å². The van der Waals surface area contributed by atoms with Gasteiger partial charge in [0.15, 0.2) is 0 Å². The van der Waals surface area contributed by atoms with Crippen LogP contribution in [0.3, 0.4) is 0 Å². The Morgan fingerprint density at radius 2 is 1.20 bits per heavy atom. The highest BCUT2D eigenvalue weighted by atomic mass is 14.4. The van der Waals surface area contributed by atoms with Crippen LogP contribution in [0.4, 0.5) is 0 Å². The van der Waals surface area contributed by atoms with Crippen molar-refractivity contribution in [2.24, 2.45) is 5.41 Å². The highest BCUT2D eigenvalue weighted by Crippen LogP contribution is 2.45. The summed E-state index contributed by atoms with van der Waals surface area (Å²) in [5.41, 5.74) is 5.50. The number of aryl methyl sites for hydroxylation is 1. The van der Waals surface area contributed by atoms with Crippen molar-refractivity contribution < 1.29 is 0 Å². The summed E-state index contributed by atoms with van der Waals surface area (Å²) in [6.07, 6.45) is 21.4. The molecule has 2 aromatic rings. The summed E-state index contributed by atoms with van der Waals surface area (Å²) in [5.74, 6) is 0.616. The fraction of sp³-hybridized carbons (Fsp3) is 0.618. The Morgan fingerprint density at radius 1 is 0.686 bits per heavy atom. The lowest BCUT2D eigenvalue weighted by molar-refractivity contribution is 0.223. The van der Waals surface area contributed by atoms with Crippen molar-refractivity contribution in [1.82, 2.24) is 0 Å². The summed E-state index contributed by atoms with van der Waals surface area (Å²) in [7, 11) is 0. The number of hydrogen-bond donors (Lipinski definition) is 0. The number of hydrogen-bond acceptors (Lipinski definition) is 1. The van der Waals surface area contributed by atoms with Gasteiger partial charge in [-0.3, -0.25) is 0 Å². The largest absolute Gasteiger partial charge is 0.198 e. The Hall–Kier alpha value is -2.07. The molecule has 0 amide bonds. The van der Waals surface area contributed by atoms with Crippen molar-refractivity contribution in [2.45, 2.75) is 129 Å². The molecule has 0 aliphatic heterocycles. The van der Waals surface area contributed by atoms with Gasteiger partial charge in [-0.25, -0.2) is 0 Å². The number of benzene rings is 2. The molecule has 0 atom stereocenters. The maximum absolute atomic E-state index is 9.95. The van der Waals surface area contributed by atoms with Crippen molar-refractivity contribution in [1.29, 1.82) is 5.26 Å². The molecule has 1 aliphatic carbocycles. The summed E-state index contributed by atoms with van der Waals surface area (Å²) < 4.78 is 0. The maximum Gasteiger partial charge on any atom is 0.0689 e. The number of rotatable bonds is 15. The molecule has 0 bridgehead atoms. The van der Waals surface area contributed by atoms with Crippen LogP contribution in [0, 0.1) is 16.7 Å². The maximum atomic E-state index is 9.95. The molecule has 1 fully saturated rings. The topological polar surface area (TPSA) is 23.8 Å². The van der Waals surface area contributed by atoms with E-state index in [9.17, 15) is 5.26 Å². The summed E-state index contributed by atoms with van der Waals surface area (Å²) >= 11 is 0. The first-order chi connectivity index (χ1) is 17.2. The molecule has 0 saturated heterocycles. The SMILES string of the molecule is CCCCCCCCC1(C#N)CCC(c2ccc(-c3ccc(CCCCCCC)cc3)cc2)CC1. The molecule has 0 heterocycles. The summed E-state index contributed by atoms with van der Waals surface area (Å²) in [6.45, 7) is 4.54. The molecule has 1 heteroatoms. The van der Waals surface area contributed by atoms with Crippen LogP contribution in [-0.2, 0) is 6.42 Å². The van der Waals surface area contributed by atoms with E-state index in [1.807, 2.05) is 0 Å². The van der Waals surface area contributed by atoms with E-state index in [0.29, 0.717) is 5.92 Å². The highest BCUT2D eigenvalue weighted by Gasteiger charge is 2.35. The number of unbranched alkanes of at least 4 members (excludes halogenated alkanes) is 9. The minimum absolute atomic E-state index is 0.0566. The van der Waals surface area contributed by atoms with E-state index in [0.717, 1.165) is 32.1 Å². The van der Waals surface area contributed by atoms with E-state index < -0.39 is 0 Å². The molecule has 0 unspecified atom stereocenters. The first kappa shape index (κ1) is 27.5. The third-order valence-electron chi connectivity index (χ3n) is 8.43. The fourth-order valence-corrected chi connectivity index (χ4v) is 5.91. The van der Waals surface area contributed by atoms with Crippen molar-refractivity contribution in [3.05, 3.63) is 59.7 Å². The number of nitriles is 1. The molecular weight excluding hydrogens is 422 g/mol. The third kappa shape index (κ3) is 8.83. The average Bonchev–Trinajstić information content (AvgIpc) is 2.91. The lowest BCUT2D eigenvalue weighted by atomic mass is 9.67. The Kier molecular flexibility index (Phi) is 11.9. The first-order valence-electron chi connectivity index (χ1n) is 14.8. The van der Waals surface area contributed by atoms with Crippen LogP contribution < -0.4 is 0 Å². The molecule has 0 radical (unpaired) electrons. The average molecular weight is 472 g/mol. The van der Waals surface area contributed by atoms with Crippen LogP contribution in [0.1, 0.15) is 134 Å². The van der Waals surface area contributed by atoms with E-state index >= 15 is 0 Å². The molecule has 35 heavy (non-hydrogen) atoms. The Morgan fingerprint density at radius 3 is 1.77 bits per heavy atom. The minimum Gasteiger partial charge on any atom is -0.198 e. The highest BCUT2D eigenvalue weighted by molar-refractivity contribution is 5.64. The zero-order chi connectivity index (χ0) is 24.8. The van der Waals surface area contributed by atoms with Crippen molar-refractivity contribution >= 4 is 0 Å². The normalized spacial score (nSPS) is 20.0. The smallest absolute Gasteiger partial charge is 0.0689 e. The Labute approximate surface area is 216 Å². The molecule has 0 spiro atoms. The van der Waals surface area contributed by atoms with Gasteiger partial charge in [-0.15, -0.1) is 0 Å². The molecule has 1 saturated carbocycles. The second kappa shape index (κ2) is 15.1. The molecule has 190 valence electrons. The van der Waals surface area contributed by atoms with Gasteiger partial charge in [-0.05, 0) is 73.1 Å². The number of nitrogens with zero attached hydrogens (tertiary/aromatic N) is 1. The van der Waals surface area contributed by atoms with Gasteiger partial charge in [0.05, 0.1) is 11.5 Å². The Bertz CT molecular complexity index is 862. The van der Waals surface area contributed by atoms with E-state index in [2.05, 4.69) is 68.4 Å². The van der Waals surface area contributed by atoms with E-state index in [1.165, 1.54) is 99.3 Å². The minimum atomic E-state index is -0.0566. The van der Waals surface area contributed by atoms with Gasteiger partial charge < -0.3 is 0 Å². The van der Waals surface area contributed by atoms with Crippen LogP contribution in [0.5, 0.6) is 0 Å². The summed E-state index contributed by atoms with van der Waals surface area (Å²) in [4.78, 5) is 0. The van der Waals surface area contributed by atoms with E-state index in [4.69, 9.17) is 0 Å². The predicted octanol–water partition coefficient (Wildman–Crippen LogP) is 10.8. The van der Waals surface area contributed by atoms with Crippen LogP contribution in [-0.4, -0.2) is 0 Å². The summed E-state index contributed by atoms with van der Waals surface area (Å²) in [6, 6.07) is 21.3. The third-order valence-corrected chi connectivity index (χ3v) is 8.43. The molecule has 3 rings (SSSR count). The van der Waals surface area contributed by atoms with Gasteiger partial charge >= 0.3 is 0 Å². The van der Waals surface area contributed by atoms with Crippen molar-refractivity contribution in [3.63, 3.8) is 0 Å². The molecule has 0 N–H and O–H groups in total. The fourth-order valence-electron chi connectivity index (χ4n) is 5.91. The van der Waals surface area contributed by atoms with Gasteiger partial charge in [0.2, 0.25) is 0 Å². The molecule has 1 nitrogen and oxygen atoms in total. The van der Waals surface area contributed by atoms with Crippen LogP contribution >= 0.6 is 0 Å². The lowest BCUT2D eigenvalue weighted by Crippen LogP contribution is -2.25. The molecule has 2 aromatic carbocycles. The van der Waals surface area contributed by atoms with Crippen molar-refractivity contribution in [2.75, 3.05) is 0 Å². The second-order valence-electron chi connectivity index (χ2n) is 11.2. The van der Waals surface area contributed by atoms with Crippen LogP contribution in [0.2, 0.25) is 0 Å². The zero-order valence-electron chi connectivity index (χ0n) is 22.7. The van der Waals surface area contributed by atoms with Gasteiger partial charge in [0, 0.05) is 0 Å². The molecule has 1 aliphatic rings. The van der Waals surface area contributed by atoms with Gasteiger partial charge in [0.1, 0.15) is 0 Å². The van der Waals surface area contributed by atoms with Crippen LogP contribution in [0.15, 0.2) is 48.5 Å². The zero-order valence-corrected chi connectivity index (χ0v) is 22.7. The second-order valence-corrected chi connectivity index (χ2v) is 11.2. The predicted molar refractivity (Wildman–Crippen MR) is 152 cm³/mol. The molecular formula is C34H49N. The van der Waals surface area contributed by atoms with Crippen LogP contribution in [0.25, 0.3) is 11.1 Å². The Balaban J connectivity index is 1.46. The lowest BCUT2D eigenvalue weighted by Gasteiger charge is -2.35. The van der Waals surface area contributed by atoms with Crippen molar-refractivity contribution in [3.8, 4) is 17.2 Å². The molecule has 0 aromatic heterocycles. The first-order valence-corrected chi connectivity index (χ1v) is 14.8. The quantitative estimate of drug-likeness (QED) is 0.237. The summed E-state index contributed by atoms with van der Waals surface area (Å²) in [5, 5.41) is 9.95. The van der Waals surface area contributed by atoms with Gasteiger partial charge in [0.25, 0.3) is 0 Å². The van der Waals surface area contributed by atoms with Gasteiger partial charge in [-0.2, -0.15) is 5.26 Å². The standard InChI is InChI=1S/C34H49N/c1-3-5-7-9-11-13-25-34(28-35)26-23-33(24-27-34)32-21-19-31(20-22-32)30-17-15-29(16-18-30)14-12-10-8-6-4-2/h15-22,33H,3-14,23-27H2,1-2H3. The van der Waals surface area contributed by atoms with E-state index in [-0.39, 0.29) is 5.41 Å². The monoisotopic (exact) mass is 471 g/mol. The van der Waals surface area contributed by atoms with Gasteiger partial charge in [-0.1, -0.05) is 127 Å².